The number of hydrogen-bond donors (Lipinski definition) is 1. The SMILES string of the molecule is c1ccc2c(c1)OCCC2NC1CCN(C2CC2)CC1. The first-order valence-electron chi connectivity index (χ1n) is 8.12. The second-order valence-corrected chi connectivity index (χ2v) is 6.44. The van der Waals surface area contributed by atoms with E-state index in [4.69, 9.17) is 4.74 Å². The summed E-state index contributed by atoms with van der Waals surface area (Å²) in [7, 11) is 0. The first-order chi connectivity index (χ1) is 9.90. The van der Waals surface area contributed by atoms with Crippen molar-refractivity contribution in [3.05, 3.63) is 29.8 Å². The average molecular weight is 272 g/mol. The lowest BCUT2D eigenvalue weighted by Crippen LogP contribution is -2.45. The van der Waals surface area contributed by atoms with Gasteiger partial charge in [0.2, 0.25) is 0 Å². The first kappa shape index (κ1) is 12.7. The van der Waals surface area contributed by atoms with Gasteiger partial charge in [-0.1, -0.05) is 18.2 Å². The molecule has 3 heteroatoms. The zero-order valence-electron chi connectivity index (χ0n) is 12.1. The number of benzene rings is 1. The number of nitrogens with zero attached hydrogens (tertiary/aromatic N) is 1. The number of nitrogens with one attached hydrogen (secondary N) is 1. The highest BCUT2D eigenvalue weighted by atomic mass is 16.5. The molecule has 0 amide bonds. The van der Waals surface area contributed by atoms with Gasteiger partial charge in [-0.05, 0) is 44.8 Å². The molecule has 1 saturated carbocycles. The summed E-state index contributed by atoms with van der Waals surface area (Å²) < 4.78 is 5.75. The zero-order chi connectivity index (χ0) is 13.4. The second-order valence-electron chi connectivity index (χ2n) is 6.44. The molecule has 1 aromatic rings. The molecule has 3 aliphatic rings. The van der Waals surface area contributed by atoms with Crippen LogP contribution in [-0.4, -0.2) is 36.7 Å². The summed E-state index contributed by atoms with van der Waals surface area (Å²) in [5.74, 6) is 1.08. The van der Waals surface area contributed by atoms with Crippen LogP contribution in [0.15, 0.2) is 24.3 Å². The molecule has 2 heterocycles. The number of likely N-dealkylation sites (tertiary alicyclic amines) is 1. The van der Waals surface area contributed by atoms with Crippen molar-refractivity contribution in [2.24, 2.45) is 0 Å². The van der Waals surface area contributed by atoms with E-state index in [0.29, 0.717) is 12.1 Å². The molecular formula is C17H24N2O. The van der Waals surface area contributed by atoms with Crippen LogP contribution in [0.5, 0.6) is 5.75 Å². The Balaban J connectivity index is 1.38. The normalized spacial score (nSPS) is 27.9. The van der Waals surface area contributed by atoms with Crippen LogP contribution < -0.4 is 10.1 Å². The van der Waals surface area contributed by atoms with Gasteiger partial charge in [0.05, 0.1) is 6.61 Å². The summed E-state index contributed by atoms with van der Waals surface area (Å²) in [5.41, 5.74) is 1.35. The third-order valence-electron chi connectivity index (χ3n) is 4.99. The van der Waals surface area contributed by atoms with Crippen LogP contribution >= 0.6 is 0 Å². The molecule has 0 radical (unpaired) electrons. The summed E-state index contributed by atoms with van der Waals surface area (Å²) in [5, 5.41) is 3.89. The predicted molar refractivity (Wildman–Crippen MR) is 80.0 cm³/mol. The lowest BCUT2D eigenvalue weighted by atomic mass is 9.97. The molecule has 1 aromatic carbocycles. The molecule has 1 saturated heterocycles. The maximum Gasteiger partial charge on any atom is 0.124 e. The average Bonchev–Trinajstić information content (AvgIpc) is 3.33. The quantitative estimate of drug-likeness (QED) is 0.915. The number of para-hydroxylation sites is 1. The highest BCUT2D eigenvalue weighted by Crippen LogP contribution is 2.33. The number of hydrogen-bond acceptors (Lipinski definition) is 3. The van der Waals surface area contributed by atoms with Crippen molar-refractivity contribution in [3.8, 4) is 5.75 Å². The molecule has 0 aromatic heterocycles. The van der Waals surface area contributed by atoms with Gasteiger partial charge in [0.1, 0.15) is 5.75 Å². The summed E-state index contributed by atoms with van der Waals surface area (Å²) in [6.07, 6.45) is 6.57. The van der Waals surface area contributed by atoms with Gasteiger partial charge in [0, 0.05) is 30.1 Å². The molecular weight excluding hydrogens is 248 g/mol. The topological polar surface area (TPSA) is 24.5 Å². The minimum absolute atomic E-state index is 0.484. The lowest BCUT2D eigenvalue weighted by molar-refractivity contribution is 0.172. The van der Waals surface area contributed by atoms with Crippen LogP contribution in [0, 0.1) is 0 Å². The van der Waals surface area contributed by atoms with Crippen molar-refractivity contribution in [1.29, 1.82) is 0 Å². The minimum Gasteiger partial charge on any atom is -0.493 e. The number of ether oxygens (including phenoxy) is 1. The van der Waals surface area contributed by atoms with E-state index in [0.717, 1.165) is 24.8 Å². The van der Waals surface area contributed by atoms with Gasteiger partial charge in [-0.3, -0.25) is 0 Å². The van der Waals surface area contributed by atoms with Crippen molar-refractivity contribution >= 4 is 0 Å². The van der Waals surface area contributed by atoms with E-state index < -0.39 is 0 Å². The number of fused-ring (bicyclic) bond motifs is 1. The van der Waals surface area contributed by atoms with Crippen LogP contribution in [0.3, 0.4) is 0 Å². The van der Waals surface area contributed by atoms with E-state index in [2.05, 4.69) is 34.5 Å². The maximum atomic E-state index is 5.75. The summed E-state index contributed by atoms with van der Waals surface area (Å²) in [6.45, 7) is 3.41. The summed E-state index contributed by atoms with van der Waals surface area (Å²) in [4.78, 5) is 2.69. The lowest BCUT2D eigenvalue weighted by Gasteiger charge is -2.36. The summed E-state index contributed by atoms with van der Waals surface area (Å²) in [6, 6.07) is 10.6. The Bertz CT molecular complexity index is 464. The second kappa shape index (κ2) is 5.38. The Hall–Kier alpha value is -1.06. The van der Waals surface area contributed by atoms with Crippen LogP contribution in [0.25, 0.3) is 0 Å². The van der Waals surface area contributed by atoms with E-state index in [9.17, 15) is 0 Å². The van der Waals surface area contributed by atoms with Crippen LogP contribution in [0.1, 0.15) is 43.7 Å². The van der Waals surface area contributed by atoms with Gasteiger partial charge in [-0.2, -0.15) is 0 Å². The Morgan fingerprint density at radius 2 is 1.80 bits per heavy atom. The zero-order valence-corrected chi connectivity index (χ0v) is 12.1. The van der Waals surface area contributed by atoms with Gasteiger partial charge in [0.25, 0.3) is 0 Å². The molecule has 1 N–H and O–H groups in total. The van der Waals surface area contributed by atoms with Crippen LogP contribution in [0.2, 0.25) is 0 Å². The fourth-order valence-corrected chi connectivity index (χ4v) is 3.67. The maximum absolute atomic E-state index is 5.75. The Morgan fingerprint density at radius 1 is 1.00 bits per heavy atom. The van der Waals surface area contributed by atoms with Crippen molar-refractivity contribution in [3.63, 3.8) is 0 Å². The molecule has 2 aliphatic heterocycles. The largest absolute Gasteiger partial charge is 0.493 e. The van der Waals surface area contributed by atoms with Gasteiger partial charge in [0.15, 0.2) is 0 Å². The molecule has 1 unspecified atom stereocenters. The predicted octanol–water partition coefficient (Wildman–Crippen LogP) is 2.73. The van der Waals surface area contributed by atoms with Crippen LogP contribution in [0.4, 0.5) is 0 Å². The van der Waals surface area contributed by atoms with E-state index in [1.165, 1.54) is 44.3 Å². The van der Waals surface area contributed by atoms with Crippen molar-refractivity contribution in [1.82, 2.24) is 10.2 Å². The number of piperidine rings is 1. The third kappa shape index (κ3) is 2.57. The van der Waals surface area contributed by atoms with Crippen molar-refractivity contribution in [2.75, 3.05) is 19.7 Å². The molecule has 108 valence electrons. The van der Waals surface area contributed by atoms with Gasteiger partial charge >= 0.3 is 0 Å². The monoisotopic (exact) mass is 272 g/mol. The standard InChI is InChI=1S/C17H24N2O/c1-2-4-17-15(3-1)16(9-12-20-17)18-13-7-10-19(11-8-13)14-5-6-14/h1-4,13-14,16,18H,5-12H2. The van der Waals surface area contributed by atoms with Crippen molar-refractivity contribution < 1.29 is 4.74 Å². The molecule has 20 heavy (non-hydrogen) atoms. The molecule has 1 atom stereocenters. The van der Waals surface area contributed by atoms with Gasteiger partial charge < -0.3 is 15.0 Å². The molecule has 4 rings (SSSR count). The van der Waals surface area contributed by atoms with E-state index in [-0.39, 0.29) is 0 Å². The van der Waals surface area contributed by atoms with E-state index in [1.54, 1.807) is 0 Å². The molecule has 2 fully saturated rings. The first-order valence-corrected chi connectivity index (χ1v) is 8.12. The molecule has 0 spiro atoms. The fraction of sp³-hybridized carbons (Fsp3) is 0.647. The highest BCUT2D eigenvalue weighted by molar-refractivity contribution is 5.37. The number of rotatable bonds is 3. The molecule has 0 bridgehead atoms. The summed E-state index contributed by atoms with van der Waals surface area (Å²) >= 11 is 0. The van der Waals surface area contributed by atoms with E-state index >= 15 is 0 Å². The Morgan fingerprint density at radius 3 is 2.60 bits per heavy atom. The highest BCUT2D eigenvalue weighted by Gasteiger charge is 2.32. The van der Waals surface area contributed by atoms with Gasteiger partial charge in [-0.15, -0.1) is 0 Å². The minimum atomic E-state index is 0.484. The fourth-order valence-electron chi connectivity index (χ4n) is 3.67. The van der Waals surface area contributed by atoms with Gasteiger partial charge in [-0.25, -0.2) is 0 Å². The Labute approximate surface area is 121 Å². The molecule has 1 aliphatic carbocycles. The van der Waals surface area contributed by atoms with Crippen molar-refractivity contribution in [2.45, 2.75) is 50.2 Å². The Kier molecular flexibility index (Phi) is 3.41. The smallest absolute Gasteiger partial charge is 0.124 e. The third-order valence-corrected chi connectivity index (χ3v) is 4.99. The van der Waals surface area contributed by atoms with E-state index in [1.807, 2.05) is 0 Å². The molecule has 3 nitrogen and oxygen atoms in total. The van der Waals surface area contributed by atoms with Crippen LogP contribution in [-0.2, 0) is 0 Å².